The molecule has 1 aliphatic heterocycles. The number of rotatable bonds is 3. The van der Waals surface area contributed by atoms with E-state index in [4.69, 9.17) is 5.73 Å². The second kappa shape index (κ2) is 4.58. The molecule has 1 saturated heterocycles. The van der Waals surface area contributed by atoms with Gasteiger partial charge in [0.05, 0.1) is 6.54 Å². The van der Waals surface area contributed by atoms with Crippen LogP contribution >= 0.6 is 0 Å². The number of likely N-dealkylation sites (tertiary alicyclic amines) is 1. The van der Waals surface area contributed by atoms with Gasteiger partial charge in [0.1, 0.15) is 0 Å². The standard InChI is InChI=1S/C9H19N3O/c1-3-11(2)9(13)7-12-5-4-8(10)6-12/h8H,3-7,10H2,1-2H3/t8-/m0/s1. The van der Waals surface area contributed by atoms with Crippen LogP contribution in [0.4, 0.5) is 0 Å². The number of hydrogen-bond donors (Lipinski definition) is 1. The Balaban J connectivity index is 2.28. The summed E-state index contributed by atoms with van der Waals surface area (Å²) in [5.41, 5.74) is 5.74. The molecule has 0 aliphatic carbocycles. The number of nitrogens with zero attached hydrogens (tertiary/aromatic N) is 2. The first kappa shape index (κ1) is 10.5. The van der Waals surface area contributed by atoms with Crippen molar-refractivity contribution in [3.63, 3.8) is 0 Å². The predicted octanol–water partition coefficient (Wildman–Crippen LogP) is -0.502. The van der Waals surface area contributed by atoms with Crippen molar-refractivity contribution in [2.75, 3.05) is 33.2 Å². The van der Waals surface area contributed by atoms with Gasteiger partial charge in [-0.15, -0.1) is 0 Å². The molecule has 1 atom stereocenters. The average molecular weight is 185 g/mol. The minimum absolute atomic E-state index is 0.191. The number of carbonyl (C=O) groups is 1. The van der Waals surface area contributed by atoms with Crippen LogP contribution in [0.5, 0.6) is 0 Å². The molecule has 13 heavy (non-hydrogen) atoms. The molecule has 0 aromatic heterocycles. The summed E-state index contributed by atoms with van der Waals surface area (Å²) >= 11 is 0. The molecule has 0 saturated carbocycles. The molecule has 1 rings (SSSR count). The first-order chi connectivity index (χ1) is 6.13. The van der Waals surface area contributed by atoms with E-state index in [-0.39, 0.29) is 11.9 Å². The molecule has 0 aromatic carbocycles. The number of amides is 1. The summed E-state index contributed by atoms with van der Waals surface area (Å²) in [6.07, 6.45) is 1.02. The van der Waals surface area contributed by atoms with Gasteiger partial charge >= 0.3 is 0 Å². The Kier molecular flexibility index (Phi) is 3.69. The molecule has 0 unspecified atom stereocenters. The molecule has 0 aromatic rings. The van der Waals surface area contributed by atoms with Gasteiger partial charge in [0.25, 0.3) is 0 Å². The summed E-state index contributed by atoms with van der Waals surface area (Å²) in [6, 6.07) is 0.264. The van der Waals surface area contributed by atoms with E-state index in [0.29, 0.717) is 6.54 Å². The summed E-state index contributed by atoms with van der Waals surface area (Å²) in [5, 5.41) is 0. The van der Waals surface area contributed by atoms with Crippen LogP contribution in [0.2, 0.25) is 0 Å². The van der Waals surface area contributed by atoms with Crippen molar-refractivity contribution >= 4 is 5.91 Å². The highest BCUT2D eigenvalue weighted by Gasteiger charge is 2.21. The van der Waals surface area contributed by atoms with Gasteiger partial charge < -0.3 is 10.6 Å². The Hall–Kier alpha value is -0.610. The quantitative estimate of drug-likeness (QED) is 0.645. The Morgan fingerprint density at radius 2 is 2.38 bits per heavy atom. The van der Waals surface area contributed by atoms with Crippen LogP contribution in [-0.4, -0.2) is 55.0 Å². The van der Waals surface area contributed by atoms with Gasteiger partial charge in [-0.3, -0.25) is 9.69 Å². The maximum absolute atomic E-state index is 11.5. The molecular weight excluding hydrogens is 166 g/mol. The van der Waals surface area contributed by atoms with E-state index in [2.05, 4.69) is 4.90 Å². The third kappa shape index (κ3) is 2.97. The maximum atomic E-state index is 11.5. The zero-order chi connectivity index (χ0) is 9.84. The van der Waals surface area contributed by atoms with Crippen molar-refractivity contribution < 1.29 is 4.79 Å². The third-order valence-corrected chi connectivity index (χ3v) is 2.57. The van der Waals surface area contributed by atoms with E-state index in [0.717, 1.165) is 26.1 Å². The van der Waals surface area contributed by atoms with Gasteiger partial charge in [0.15, 0.2) is 0 Å². The average Bonchev–Trinajstić information content (AvgIpc) is 2.49. The molecule has 2 N–H and O–H groups in total. The van der Waals surface area contributed by atoms with Crippen molar-refractivity contribution in [1.82, 2.24) is 9.80 Å². The van der Waals surface area contributed by atoms with Crippen LogP contribution in [0, 0.1) is 0 Å². The fourth-order valence-corrected chi connectivity index (χ4v) is 1.49. The molecule has 76 valence electrons. The molecule has 1 heterocycles. The maximum Gasteiger partial charge on any atom is 0.236 e. The molecule has 1 aliphatic rings. The summed E-state index contributed by atoms with van der Waals surface area (Å²) < 4.78 is 0. The lowest BCUT2D eigenvalue weighted by Gasteiger charge is -2.19. The SMILES string of the molecule is CCN(C)C(=O)CN1CC[C@H](N)C1. The highest BCUT2D eigenvalue weighted by molar-refractivity contribution is 5.77. The topological polar surface area (TPSA) is 49.6 Å². The highest BCUT2D eigenvalue weighted by Crippen LogP contribution is 2.06. The normalized spacial score (nSPS) is 23.5. The lowest BCUT2D eigenvalue weighted by Crippen LogP contribution is -2.38. The van der Waals surface area contributed by atoms with Gasteiger partial charge in [-0.05, 0) is 13.3 Å². The Labute approximate surface area is 79.7 Å². The van der Waals surface area contributed by atoms with Crippen LogP contribution in [0.15, 0.2) is 0 Å². The van der Waals surface area contributed by atoms with Crippen LogP contribution in [-0.2, 0) is 4.79 Å². The first-order valence-electron chi connectivity index (χ1n) is 4.85. The van der Waals surface area contributed by atoms with Gasteiger partial charge in [0.2, 0.25) is 5.91 Å². The third-order valence-electron chi connectivity index (χ3n) is 2.57. The van der Waals surface area contributed by atoms with Crippen molar-refractivity contribution in [3.8, 4) is 0 Å². The molecule has 0 spiro atoms. The zero-order valence-electron chi connectivity index (χ0n) is 8.49. The van der Waals surface area contributed by atoms with Crippen molar-refractivity contribution in [2.45, 2.75) is 19.4 Å². The minimum Gasteiger partial charge on any atom is -0.345 e. The second-order valence-electron chi connectivity index (χ2n) is 3.69. The fraction of sp³-hybridized carbons (Fsp3) is 0.889. The summed E-state index contributed by atoms with van der Waals surface area (Å²) in [4.78, 5) is 15.3. The molecule has 1 amide bonds. The van der Waals surface area contributed by atoms with Gasteiger partial charge in [-0.2, -0.15) is 0 Å². The van der Waals surface area contributed by atoms with E-state index < -0.39 is 0 Å². The number of carbonyl (C=O) groups excluding carboxylic acids is 1. The van der Waals surface area contributed by atoms with Crippen LogP contribution in [0.3, 0.4) is 0 Å². The van der Waals surface area contributed by atoms with E-state index in [1.165, 1.54) is 0 Å². The smallest absolute Gasteiger partial charge is 0.236 e. The van der Waals surface area contributed by atoms with E-state index in [1.807, 2.05) is 14.0 Å². The van der Waals surface area contributed by atoms with Gasteiger partial charge in [0, 0.05) is 32.7 Å². The molecule has 4 heteroatoms. The second-order valence-corrected chi connectivity index (χ2v) is 3.69. The molecule has 0 radical (unpaired) electrons. The fourth-order valence-electron chi connectivity index (χ4n) is 1.49. The van der Waals surface area contributed by atoms with Crippen molar-refractivity contribution in [2.24, 2.45) is 5.73 Å². The van der Waals surface area contributed by atoms with Crippen molar-refractivity contribution in [1.29, 1.82) is 0 Å². The lowest BCUT2D eigenvalue weighted by atomic mass is 10.3. The summed E-state index contributed by atoms with van der Waals surface area (Å²) in [5.74, 6) is 0.191. The first-order valence-corrected chi connectivity index (χ1v) is 4.85. The van der Waals surface area contributed by atoms with Crippen LogP contribution < -0.4 is 5.73 Å². The number of nitrogens with two attached hydrogens (primary N) is 1. The van der Waals surface area contributed by atoms with Crippen molar-refractivity contribution in [3.05, 3.63) is 0 Å². The molecular formula is C9H19N3O. The number of likely N-dealkylation sites (N-methyl/N-ethyl adjacent to an activating group) is 1. The van der Waals surface area contributed by atoms with Gasteiger partial charge in [-0.1, -0.05) is 0 Å². The largest absolute Gasteiger partial charge is 0.345 e. The lowest BCUT2D eigenvalue weighted by molar-refractivity contribution is -0.130. The molecule has 4 nitrogen and oxygen atoms in total. The van der Waals surface area contributed by atoms with E-state index in [1.54, 1.807) is 4.90 Å². The minimum atomic E-state index is 0.191. The highest BCUT2D eigenvalue weighted by atomic mass is 16.2. The monoisotopic (exact) mass is 185 g/mol. The summed E-state index contributed by atoms with van der Waals surface area (Å²) in [7, 11) is 1.83. The van der Waals surface area contributed by atoms with Crippen LogP contribution in [0.1, 0.15) is 13.3 Å². The van der Waals surface area contributed by atoms with E-state index >= 15 is 0 Å². The molecule has 0 bridgehead atoms. The Morgan fingerprint density at radius 1 is 1.69 bits per heavy atom. The Bertz CT molecular complexity index is 184. The predicted molar refractivity (Wildman–Crippen MR) is 52.3 cm³/mol. The number of hydrogen-bond acceptors (Lipinski definition) is 3. The van der Waals surface area contributed by atoms with Crippen LogP contribution in [0.25, 0.3) is 0 Å². The van der Waals surface area contributed by atoms with Gasteiger partial charge in [-0.25, -0.2) is 0 Å². The summed E-state index contributed by atoms with van der Waals surface area (Å²) in [6.45, 7) is 5.11. The molecule has 1 fully saturated rings. The van der Waals surface area contributed by atoms with E-state index in [9.17, 15) is 4.79 Å². The Morgan fingerprint density at radius 3 is 2.85 bits per heavy atom. The zero-order valence-corrected chi connectivity index (χ0v) is 8.49.